The molecule has 10 nitrogen and oxygen atoms in total. The highest BCUT2D eigenvalue weighted by atomic mass is 35.5. The molecule has 3 aromatic carbocycles. The maximum atomic E-state index is 14.9. The number of urea groups is 1. The second-order valence-corrected chi connectivity index (χ2v) is 9.07. The van der Waals surface area contributed by atoms with Crippen molar-refractivity contribution in [3.05, 3.63) is 65.2 Å². The summed E-state index contributed by atoms with van der Waals surface area (Å²) in [5, 5.41) is 4.30. The zero-order valence-corrected chi connectivity index (χ0v) is 22.4. The van der Waals surface area contributed by atoms with Crippen molar-refractivity contribution in [2.45, 2.75) is 6.18 Å². The first-order valence-corrected chi connectivity index (χ1v) is 12.6. The van der Waals surface area contributed by atoms with E-state index < -0.39 is 28.6 Å². The number of aromatic nitrogens is 2. The van der Waals surface area contributed by atoms with E-state index in [1.807, 2.05) is 0 Å². The van der Waals surface area contributed by atoms with Crippen LogP contribution in [-0.4, -0.2) is 49.5 Å². The predicted molar refractivity (Wildman–Crippen MR) is 143 cm³/mol. The number of anilines is 2. The summed E-state index contributed by atoms with van der Waals surface area (Å²) in [6, 6.07) is 7.08. The van der Waals surface area contributed by atoms with Crippen LogP contribution in [0.25, 0.3) is 10.9 Å². The van der Waals surface area contributed by atoms with Gasteiger partial charge in [-0.25, -0.2) is 19.2 Å². The van der Waals surface area contributed by atoms with E-state index >= 15 is 0 Å². The zero-order valence-electron chi connectivity index (χ0n) is 21.7. The molecule has 5 rings (SSSR count). The molecule has 0 atom stereocenters. The summed E-state index contributed by atoms with van der Waals surface area (Å²) in [7, 11) is 1.55. The summed E-state index contributed by atoms with van der Waals surface area (Å²) < 4.78 is 82.5. The third kappa shape index (κ3) is 6.34. The molecule has 1 aromatic heterocycles. The molecule has 0 aliphatic carbocycles. The van der Waals surface area contributed by atoms with Gasteiger partial charge in [0.15, 0.2) is 11.5 Å². The molecule has 2 amide bonds. The average molecular weight is 609 g/mol. The van der Waals surface area contributed by atoms with Crippen molar-refractivity contribution >= 4 is 39.9 Å². The summed E-state index contributed by atoms with van der Waals surface area (Å²) in [6.45, 7) is 1.16. The van der Waals surface area contributed by atoms with Gasteiger partial charge < -0.3 is 34.3 Å². The molecule has 0 saturated heterocycles. The number of alkyl halides is 3. The van der Waals surface area contributed by atoms with E-state index in [0.29, 0.717) is 40.8 Å². The summed E-state index contributed by atoms with van der Waals surface area (Å²) in [5.74, 6) is 0.218. The van der Waals surface area contributed by atoms with Gasteiger partial charge in [0.1, 0.15) is 43.1 Å². The van der Waals surface area contributed by atoms with Crippen LogP contribution in [0.2, 0.25) is 5.02 Å². The molecule has 0 saturated carbocycles. The summed E-state index contributed by atoms with van der Waals surface area (Å²) in [6.07, 6.45) is -3.47. The largest absolute Gasteiger partial charge is 0.487 e. The van der Waals surface area contributed by atoms with Crippen LogP contribution in [-0.2, 0) is 10.9 Å². The van der Waals surface area contributed by atoms with Gasteiger partial charge in [0, 0.05) is 24.9 Å². The molecule has 2 N–H and O–H groups in total. The Balaban J connectivity index is 1.34. The fourth-order valence-corrected chi connectivity index (χ4v) is 4.20. The van der Waals surface area contributed by atoms with E-state index in [9.17, 15) is 22.4 Å². The molecule has 0 bridgehead atoms. The van der Waals surface area contributed by atoms with E-state index in [-0.39, 0.29) is 42.8 Å². The maximum absolute atomic E-state index is 14.9. The molecule has 0 radical (unpaired) electrons. The van der Waals surface area contributed by atoms with Gasteiger partial charge in [0.05, 0.1) is 28.4 Å². The van der Waals surface area contributed by atoms with E-state index in [4.69, 9.17) is 35.3 Å². The molecule has 1 aliphatic rings. The predicted octanol–water partition coefficient (Wildman–Crippen LogP) is 6.67. The van der Waals surface area contributed by atoms with Gasteiger partial charge in [-0.1, -0.05) is 11.6 Å². The first-order valence-electron chi connectivity index (χ1n) is 12.2. The highest BCUT2D eigenvalue weighted by molar-refractivity contribution is 6.31. The van der Waals surface area contributed by atoms with Gasteiger partial charge in [0.25, 0.3) is 0 Å². The van der Waals surface area contributed by atoms with Crippen molar-refractivity contribution in [2.24, 2.45) is 0 Å². The number of ether oxygens (including phenoxy) is 5. The first kappa shape index (κ1) is 29.0. The minimum Gasteiger partial charge on any atom is -0.487 e. The van der Waals surface area contributed by atoms with Crippen LogP contribution in [0.15, 0.2) is 48.8 Å². The Labute approximate surface area is 240 Å². The molecule has 2 heterocycles. The molecular formula is C27H21ClF4N4O6. The number of rotatable bonds is 8. The Bertz CT molecular complexity index is 1640. The number of carbonyl (C=O) groups excluding carboxylic acids is 1. The van der Waals surface area contributed by atoms with Gasteiger partial charge in [-0.3, -0.25) is 0 Å². The number of hydrogen-bond acceptors (Lipinski definition) is 8. The normalized spacial score (nSPS) is 12.6. The van der Waals surface area contributed by atoms with Crippen molar-refractivity contribution in [3.8, 4) is 28.9 Å². The zero-order chi connectivity index (χ0) is 29.9. The Hall–Kier alpha value is -4.56. The van der Waals surface area contributed by atoms with Crippen molar-refractivity contribution in [1.82, 2.24) is 9.97 Å². The van der Waals surface area contributed by atoms with Gasteiger partial charge in [-0.05, 0) is 30.3 Å². The molecule has 0 fully saturated rings. The van der Waals surface area contributed by atoms with Crippen LogP contribution in [0.3, 0.4) is 0 Å². The lowest BCUT2D eigenvalue weighted by Crippen LogP contribution is -2.20. The van der Waals surface area contributed by atoms with Crippen molar-refractivity contribution in [3.63, 3.8) is 0 Å². The Kier molecular flexibility index (Phi) is 8.36. The molecule has 0 spiro atoms. The Morgan fingerprint density at radius 3 is 2.55 bits per heavy atom. The monoisotopic (exact) mass is 608 g/mol. The minimum atomic E-state index is -4.72. The number of nitrogens with zero attached hydrogens (tertiary/aromatic N) is 2. The summed E-state index contributed by atoms with van der Waals surface area (Å²) in [5.41, 5.74) is -1.16. The fraction of sp³-hybridized carbons (Fsp3) is 0.222. The third-order valence-corrected chi connectivity index (χ3v) is 6.15. The number of amides is 2. The maximum Gasteiger partial charge on any atom is 0.417 e. The van der Waals surface area contributed by atoms with Crippen LogP contribution in [0, 0.1) is 5.82 Å². The number of nitrogens with one attached hydrogen (secondary N) is 2. The highest BCUT2D eigenvalue weighted by Gasteiger charge is 2.33. The quantitative estimate of drug-likeness (QED) is 0.168. The van der Waals surface area contributed by atoms with E-state index in [2.05, 4.69) is 20.6 Å². The molecule has 4 aromatic rings. The van der Waals surface area contributed by atoms with E-state index in [0.717, 1.165) is 12.1 Å². The topological polar surface area (TPSA) is 113 Å². The van der Waals surface area contributed by atoms with Gasteiger partial charge >= 0.3 is 12.2 Å². The number of halogens is 5. The number of hydrogen-bond donors (Lipinski definition) is 2. The lowest BCUT2D eigenvalue weighted by molar-refractivity contribution is -0.137. The molecule has 0 unspecified atom stereocenters. The number of fused-ring (bicyclic) bond motifs is 3. The molecule has 220 valence electrons. The van der Waals surface area contributed by atoms with Crippen LogP contribution >= 0.6 is 11.6 Å². The second-order valence-electron chi connectivity index (χ2n) is 8.66. The minimum absolute atomic E-state index is 0.0249. The smallest absolute Gasteiger partial charge is 0.417 e. The van der Waals surface area contributed by atoms with Gasteiger partial charge in [0.2, 0.25) is 11.6 Å². The number of carbonyl (C=O) groups is 1. The van der Waals surface area contributed by atoms with Crippen molar-refractivity contribution in [1.29, 1.82) is 0 Å². The SMILES string of the molecule is COCCOc1cc2ncnc(Oc3ccc(NC(=O)Nc4ccc(Cl)c(C(F)(F)F)c4)c(F)c3)c2c2c1OCCO2. The standard InChI is InChI=1S/C27H21ClF4N4O6/c1-38-6-7-39-21-12-20-22(24-23(21)40-8-9-41-24)25(34-13-33-20)42-15-3-5-19(18(29)11-15)36-26(37)35-14-2-4-17(28)16(10-14)27(30,31)32/h2-5,10-13H,6-9H2,1H3,(H2,35,36,37). The average Bonchev–Trinajstić information content (AvgIpc) is 2.95. The summed E-state index contributed by atoms with van der Waals surface area (Å²) >= 11 is 5.60. The fourth-order valence-electron chi connectivity index (χ4n) is 3.98. The second kappa shape index (κ2) is 12.1. The van der Waals surface area contributed by atoms with E-state index in [1.165, 1.54) is 24.5 Å². The van der Waals surface area contributed by atoms with Gasteiger partial charge in [-0.2, -0.15) is 13.2 Å². The van der Waals surface area contributed by atoms with Crippen LogP contribution in [0.5, 0.6) is 28.9 Å². The van der Waals surface area contributed by atoms with Crippen LogP contribution < -0.4 is 29.6 Å². The van der Waals surface area contributed by atoms with Crippen molar-refractivity contribution < 1.29 is 46.0 Å². The van der Waals surface area contributed by atoms with Gasteiger partial charge in [-0.15, -0.1) is 0 Å². The lowest BCUT2D eigenvalue weighted by atomic mass is 10.1. The van der Waals surface area contributed by atoms with E-state index in [1.54, 1.807) is 13.2 Å². The van der Waals surface area contributed by atoms with Crippen molar-refractivity contribution in [2.75, 3.05) is 44.2 Å². The summed E-state index contributed by atoms with van der Waals surface area (Å²) in [4.78, 5) is 20.8. The third-order valence-electron chi connectivity index (χ3n) is 5.82. The number of benzene rings is 3. The molecule has 15 heteroatoms. The molecule has 42 heavy (non-hydrogen) atoms. The highest BCUT2D eigenvalue weighted by Crippen LogP contribution is 2.48. The number of methoxy groups -OCH3 is 1. The molecule has 1 aliphatic heterocycles. The Morgan fingerprint density at radius 1 is 1.02 bits per heavy atom. The lowest BCUT2D eigenvalue weighted by Gasteiger charge is -2.23. The van der Waals surface area contributed by atoms with Crippen LogP contribution in [0.4, 0.5) is 33.7 Å². The first-order chi connectivity index (χ1) is 20.1. The Morgan fingerprint density at radius 2 is 1.81 bits per heavy atom. The van der Waals surface area contributed by atoms with Crippen LogP contribution in [0.1, 0.15) is 5.56 Å². The molecular weight excluding hydrogens is 588 g/mol.